The van der Waals surface area contributed by atoms with Gasteiger partial charge >= 0.3 is 5.97 Å². The van der Waals surface area contributed by atoms with Crippen molar-refractivity contribution in [2.45, 2.75) is 20.3 Å². The highest BCUT2D eigenvalue weighted by Crippen LogP contribution is 2.15. The molecule has 5 heteroatoms. The van der Waals surface area contributed by atoms with Gasteiger partial charge in [-0.25, -0.2) is 0 Å². The summed E-state index contributed by atoms with van der Waals surface area (Å²) in [5.41, 5.74) is 0.709. The van der Waals surface area contributed by atoms with Crippen LogP contribution in [-0.4, -0.2) is 25.1 Å². The molecule has 0 radical (unpaired) electrons. The smallest absolute Gasteiger partial charge is 0.309 e. The molecule has 1 rings (SSSR count). The largest absolute Gasteiger partial charge is 0.493 e. The Kier molecular flexibility index (Phi) is 5.70. The number of carbonyl (C=O) groups excluding carboxylic acids is 2. The lowest BCUT2D eigenvalue weighted by Crippen LogP contribution is -2.09. The Morgan fingerprint density at radius 1 is 1.22 bits per heavy atom. The van der Waals surface area contributed by atoms with Crippen molar-refractivity contribution in [3.8, 4) is 5.75 Å². The standard InChI is InChI=1S/C13H17NO4/c1-3-17-13(16)8-9-18-12-6-4-11(5-7-12)14-10(2)15/h4-7H,3,8-9H2,1-2H3,(H,14,15). The van der Waals surface area contributed by atoms with Gasteiger partial charge in [0.1, 0.15) is 5.75 Å². The van der Waals surface area contributed by atoms with Gasteiger partial charge in [-0.1, -0.05) is 0 Å². The minimum absolute atomic E-state index is 0.119. The predicted molar refractivity (Wildman–Crippen MR) is 67.5 cm³/mol. The number of carbonyl (C=O) groups is 2. The van der Waals surface area contributed by atoms with Crippen LogP contribution >= 0.6 is 0 Å². The maximum absolute atomic E-state index is 11.1. The van der Waals surface area contributed by atoms with E-state index in [1.807, 2.05) is 0 Å². The summed E-state index contributed by atoms with van der Waals surface area (Å²) in [7, 11) is 0. The van der Waals surface area contributed by atoms with Gasteiger partial charge in [0, 0.05) is 12.6 Å². The first-order valence-electron chi connectivity index (χ1n) is 5.78. The van der Waals surface area contributed by atoms with E-state index in [0.717, 1.165) is 0 Å². The van der Waals surface area contributed by atoms with E-state index in [1.165, 1.54) is 6.92 Å². The van der Waals surface area contributed by atoms with Crippen LogP contribution in [0.15, 0.2) is 24.3 Å². The second kappa shape index (κ2) is 7.32. The molecule has 1 amide bonds. The molecule has 0 saturated heterocycles. The van der Waals surface area contributed by atoms with Gasteiger partial charge in [0.2, 0.25) is 5.91 Å². The molecule has 1 aromatic carbocycles. The lowest BCUT2D eigenvalue weighted by atomic mass is 10.3. The second-order valence-corrected chi connectivity index (χ2v) is 3.61. The Labute approximate surface area is 106 Å². The molecule has 0 unspecified atom stereocenters. The predicted octanol–water partition coefficient (Wildman–Crippen LogP) is 1.98. The fraction of sp³-hybridized carbons (Fsp3) is 0.385. The third-order valence-electron chi connectivity index (χ3n) is 2.05. The van der Waals surface area contributed by atoms with Crippen LogP contribution in [-0.2, 0) is 14.3 Å². The molecular weight excluding hydrogens is 234 g/mol. The average molecular weight is 251 g/mol. The molecule has 1 N–H and O–H groups in total. The minimum atomic E-state index is -0.271. The van der Waals surface area contributed by atoms with Gasteiger partial charge < -0.3 is 14.8 Å². The Morgan fingerprint density at radius 2 is 1.89 bits per heavy atom. The van der Waals surface area contributed by atoms with Gasteiger partial charge in [-0.05, 0) is 31.2 Å². The van der Waals surface area contributed by atoms with Crippen molar-refractivity contribution in [2.24, 2.45) is 0 Å². The Balaban J connectivity index is 2.35. The molecule has 0 spiro atoms. The first-order valence-corrected chi connectivity index (χ1v) is 5.78. The first-order chi connectivity index (χ1) is 8.61. The third-order valence-corrected chi connectivity index (χ3v) is 2.05. The maximum atomic E-state index is 11.1. The zero-order chi connectivity index (χ0) is 13.4. The molecule has 0 aromatic heterocycles. The third kappa shape index (κ3) is 5.34. The van der Waals surface area contributed by atoms with Crippen molar-refractivity contribution in [3.05, 3.63) is 24.3 Å². The van der Waals surface area contributed by atoms with E-state index in [-0.39, 0.29) is 24.9 Å². The molecule has 0 aliphatic rings. The molecule has 0 bridgehead atoms. The normalized spacial score (nSPS) is 9.67. The zero-order valence-electron chi connectivity index (χ0n) is 10.6. The summed E-state index contributed by atoms with van der Waals surface area (Å²) in [6, 6.07) is 6.94. The number of ether oxygens (including phenoxy) is 2. The SMILES string of the molecule is CCOC(=O)CCOc1ccc(NC(C)=O)cc1. The summed E-state index contributed by atoms with van der Waals surface area (Å²) < 4.78 is 10.1. The Hall–Kier alpha value is -2.04. The maximum Gasteiger partial charge on any atom is 0.309 e. The van der Waals surface area contributed by atoms with Gasteiger partial charge in [0.15, 0.2) is 0 Å². The van der Waals surface area contributed by atoms with Gasteiger partial charge in [0.25, 0.3) is 0 Å². The fourth-order valence-electron chi connectivity index (χ4n) is 1.32. The van der Waals surface area contributed by atoms with E-state index in [9.17, 15) is 9.59 Å². The van der Waals surface area contributed by atoms with Crippen molar-refractivity contribution in [3.63, 3.8) is 0 Å². The molecule has 0 fully saturated rings. The second-order valence-electron chi connectivity index (χ2n) is 3.61. The lowest BCUT2D eigenvalue weighted by molar-refractivity contribution is -0.143. The molecule has 0 atom stereocenters. The molecule has 0 heterocycles. The molecule has 0 saturated carbocycles. The Morgan fingerprint density at radius 3 is 2.44 bits per heavy atom. The molecule has 1 aromatic rings. The molecule has 0 aliphatic heterocycles. The van der Waals surface area contributed by atoms with E-state index in [1.54, 1.807) is 31.2 Å². The van der Waals surface area contributed by atoms with Crippen LogP contribution in [0.4, 0.5) is 5.69 Å². The summed E-state index contributed by atoms with van der Waals surface area (Å²) in [6.07, 6.45) is 0.223. The van der Waals surface area contributed by atoms with Gasteiger partial charge in [-0.3, -0.25) is 9.59 Å². The lowest BCUT2D eigenvalue weighted by Gasteiger charge is -2.07. The van der Waals surface area contributed by atoms with Crippen molar-refractivity contribution >= 4 is 17.6 Å². The van der Waals surface area contributed by atoms with Gasteiger partial charge in [-0.2, -0.15) is 0 Å². The van der Waals surface area contributed by atoms with Crippen LogP contribution in [0.25, 0.3) is 0 Å². The average Bonchev–Trinajstić information content (AvgIpc) is 2.31. The van der Waals surface area contributed by atoms with E-state index >= 15 is 0 Å². The van der Waals surface area contributed by atoms with E-state index in [4.69, 9.17) is 9.47 Å². The molecule has 18 heavy (non-hydrogen) atoms. The number of hydrogen-bond donors (Lipinski definition) is 1. The number of anilines is 1. The number of nitrogens with one attached hydrogen (secondary N) is 1. The minimum Gasteiger partial charge on any atom is -0.493 e. The molecule has 98 valence electrons. The van der Waals surface area contributed by atoms with Gasteiger partial charge in [0.05, 0.1) is 19.6 Å². The van der Waals surface area contributed by atoms with Crippen molar-refractivity contribution < 1.29 is 19.1 Å². The zero-order valence-corrected chi connectivity index (χ0v) is 10.6. The highest BCUT2D eigenvalue weighted by Gasteiger charge is 2.02. The number of benzene rings is 1. The van der Waals surface area contributed by atoms with Crippen LogP contribution in [0, 0.1) is 0 Å². The number of esters is 1. The van der Waals surface area contributed by atoms with E-state index in [2.05, 4.69) is 5.32 Å². The summed E-state index contributed by atoms with van der Waals surface area (Å²) >= 11 is 0. The van der Waals surface area contributed by atoms with Gasteiger partial charge in [-0.15, -0.1) is 0 Å². The Bertz CT molecular complexity index is 400. The highest BCUT2D eigenvalue weighted by atomic mass is 16.5. The fourth-order valence-corrected chi connectivity index (χ4v) is 1.32. The topological polar surface area (TPSA) is 64.6 Å². The van der Waals surface area contributed by atoms with Crippen LogP contribution < -0.4 is 10.1 Å². The summed E-state index contributed by atoms with van der Waals surface area (Å²) in [6.45, 7) is 3.87. The molecular formula is C13H17NO4. The summed E-state index contributed by atoms with van der Waals surface area (Å²) in [5, 5.41) is 2.65. The highest BCUT2D eigenvalue weighted by molar-refractivity contribution is 5.88. The van der Waals surface area contributed by atoms with Crippen LogP contribution in [0.2, 0.25) is 0 Å². The van der Waals surface area contributed by atoms with E-state index in [0.29, 0.717) is 18.0 Å². The first kappa shape index (κ1) is 14.0. The number of hydrogen-bond acceptors (Lipinski definition) is 4. The molecule has 5 nitrogen and oxygen atoms in total. The van der Waals surface area contributed by atoms with Crippen molar-refractivity contribution in [1.29, 1.82) is 0 Å². The van der Waals surface area contributed by atoms with E-state index < -0.39 is 0 Å². The molecule has 0 aliphatic carbocycles. The number of amides is 1. The quantitative estimate of drug-likeness (QED) is 0.785. The van der Waals surface area contributed by atoms with Crippen LogP contribution in [0.5, 0.6) is 5.75 Å². The van der Waals surface area contributed by atoms with Crippen LogP contribution in [0.1, 0.15) is 20.3 Å². The monoisotopic (exact) mass is 251 g/mol. The van der Waals surface area contributed by atoms with Crippen molar-refractivity contribution in [2.75, 3.05) is 18.5 Å². The summed E-state index contributed by atoms with van der Waals surface area (Å²) in [4.78, 5) is 21.9. The number of rotatable bonds is 6. The van der Waals surface area contributed by atoms with Crippen molar-refractivity contribution in [1.82, 2.24) is 0 Å². The summed E-state index contributed by atoms with van der Waals surface area (Å²) in [5.74, 6) is 0.256. The van der Waals surface area contributed by atoms with Crippen LogP contribution in [0.3, 0.4) is 0 Å².